The highest BCUT2D eigenvalue weighted by molar-refractivity contribution is 6.06. The molecule has 1 aliphatic rings. The van der Waals surface area contributed by atoms with Crippen molar-refractivity contribution in [3.8, 4) is 5.75 Å². The summed E-state index contributed by atoms with van der Waals surface area (Å²) in [5.41, 5.74) is 2.64. The van der Waals surface area contributed by atoms with Crippen LogP contribution in [-0.2, 0) is 11.5 Å². The number of allylic oxidation sites excluding steroid dienone is 1. The Labute approximate surface area is 111 Å². The maximum atomic E-state index is 11.9. The molecule has 0 spiro atoms. The summed E-state index contributed by atoms with van der Waals surface area (Å²) in [4.78, 5) is 21.7. The van der Waals surface area contributed by atoms with Gasteiger partial charge in [0.25, 0.3) is 0 Å². The molecule has 2 aromatic carbocycles. The molecule has 0 aromatic heterocycles. The van der Waals surface area contributed by atoms with E-state index in [-0.39, 0.29) is 5.78 Å². The van der Waals surface area contributed by atoms with Gasteiger partial charge in [-0.25, -0.2) is 0 Å². The number of carbonyl (C=O) groups excluding carboxylic acids is 1. The molecule has 0 saturated carbocycles. The molecule has 19 heavy (non-hydrogen) atoms. The summed E-state index contributed by atoms with van der Waals surface area (Å²) < 4.78 is 0. The van der Waals surface area contributed by atoms with Crippen molar-refractivity contribution < 1.29 is 14.6 Å². The van der Waals surface area contributed by atoms with Gasteiger partial charge in [-0.05, 0) is 23.8 Å². The summed E-state index contributed by atoms with van der Waals surface area (Å²) in [7, 11) is 0. The van der Waals surface area contributed by atoms with Crippen LogP contribution < -0.4 is 4.89 Å². The highest BCUT2D eigenvalue weighted by Gasteiger charge is 2.12. The number of carbonyl (C=O) groups is 1. The molecule has 0 unspecified atom stereocenters. The molecule has 0 amide bonds. The fourth-order valence-electron chi connectivity index (χ4n) is 1.92. The van der Waals surface area contributed by atoms with Crippen molar-refractivity contribution in [3.63, 3.8) is 0 Å². The van der Waals surface area contributed by atoms with E-state index >= 15 is 0 Å². The molecule has 0 atom stereocenters. The van der Waals surface area contributed by atoms with Crippen molar-refractivity contribution in [1.29, 1.82) is 0 Å². The topological polar surface area (TPSA) is 35.5 Å². The van der Waals surface area contributed by atoms with Crippen LogP contribution in [0.2, 0.25) is 0 Å². The number of ketones is 1. The van der Waals surface area contributed by atoms with E-state index in [1.807, 2.05) is 36.4 Å². The lowest BCUT2D eigenvalue weighted by atomic mass is 10.1. The van der Waals surface area contributed by atoms with E-state index in [2.05, 4.69) is 0 Å². The first kappa shape index (κ1) is 11.7. The molecular formula is C16H12O3. The Morgan fingerprint density at radius 3 is 2.79 bits per heavy atom. The molecule has 3 nitrogen and oxygen atoms in total. The van der Waals surface area contributed by atoms with Gasteiger partial charge in [0.2, 0.25) is 0 Å². The van der Waals surface area contributed by atoms with E-state index in [1.165, 1.54) is 0 Å². The highest BCUT2D eigenvalue weighted by Crippen LogP contribution is 2.27. The fourth-order valence-corrected chi connectivity index (χ4v) is 1.92. The van der Waals surface area contributed by atoms with Gasteiger partial charge >= 0.3 is 0 Å². The first-order chi connectivity index (χ1) is 9.33. The first-order valence-electron chi connectivity index (χ1n) is 6.03. The van der Waals surface area contributed by atoms with E-state index in [9.17, 15) is 4.79 Å². The van der Waals surface area contributed by atoms with Crippen LogP contribution in [0.5, 0.6) is 5.75 Å². The zero-order valence-electron chi connectivity index (χ0n) is 10.2. The van der Waals surface area contributed by atoms with Crippen molar-refractivity contribution in [2.75, 3.05) is 0 Å². The Hall–Kier alpha value is -2.39. The van der Waals surface area contributed by atoms with Gasteiger partial charge in [0, 0.05) is 11.1 Å². The lowest BCUT2D eigenvalue weighted by Crippen LogP contribution is -1.92. The van der Waals surface area contributed by atoms with E-state index in [4.69, 9.17) is 9.78 Å². The standard InChI is InChI=1S/C16H12O3/c17-15(13-4-2-1-3-5-13)8-6-12-7-9-16-14(10-12)11-18-19-16/h1-10H,11H2. The highest BCUT2D eigenvalue weighted by atomic mass is 17.2. The molecule has 0 N–H and O–H groups in total. The largest absolute Gasteiger partial charge is 0.337 e. The average Bonchev–Trinajstić information content (AvgIpc) is 2.93. The van der Waals surface area contributed by atoms with Gasteiger partial charge < -0.3 is 4.89 Å². The van der Waals surface area contributed by atoms with Crippen LogP contribution in [0.15, 0.2) is 54.6 Å². The Morgan fingerprint density at radius 2 is 1.95 bits per heavy atom. The molecule has 0 radical (unpaired) electrons. The second kappa shape index (κ2) is 5.08. The van der Waals surface area contributed by atoms with Crippen molar-refractivity contribution in [1.82, 2.24) is 0 Å². The predicted molar refractivity (Wildman–Crippen MR) is 71.7 cm³/mol. The lowest BCUT2D eigenvalue weighted by Gasteiger charge is -1.97. The molecule has 3 heteroatoms. The molecular weight excluding hydrogens is 240 g/mol. The van der Waals surface area contributed by atoms with Crippen LogP contribution in [0.25, 0.3) is 6.08 Å². The molecule has 0 bridgehead atoms. The van der Waals surface area contributed by atoms with E-state index in [0.29, 0.717) is 12.2 Å². The second-order valence-electron chi connectivity index (χ2n) is 4.28. The van der Waals surface area contributed by atoms with Crippen LogP contribution in [0.4, 0.5) is 0 Å². The maximum Gasteiger partial charge on any atom is 0.185 e. The Morgan fingerprint density at radius 1 is 1.11 bits per heavy atom. The second-order valence-corrected chi connectivity index (χ2v) is 4.28. The number of fused-ring (bicyclic) bond motifs is 1. The normalized spacial score (nSPS) is 13.3. The Balaban J connectivity index is 1.78. The van der Waals surface area contributed by atoms with Crippen LogP contribution in [-0.4, -0.2) is 5.78 Å². The Kier molecular flexibility index (Phi) is 3.12. The molecule has 0 fully saturated rings. The molecule has 2 aromatic rings. The maximum absolute atomic E-state index is 11.9. The zero-order chi connectivity index (χ0) is 13.1. The smallest absolute Gasteiger partial charge is 0.185 e. The van der Waals surface area contributed by atoms with Crippen molar-refractivity contribution in [2.45, 2.75) is 6.61 Å². The van der Waals surface area contributed by atoms with Gasteiger partial charge in [-0.1, -0.05) is 42.5 Å². The van der Waals surface area contributed by atoms with E-state index in [1.54, 1.807) is 24.3 Å². The van der Waals surface area contributed by atoms with Gasteiger partial charge in [-0.3, -0.25) is 4.79 Å². The van der Waals surface area contributed by atoms with Crippen molar-refractivity contribution in [2.24, 2.45) is 0 Å². The quantitative estimate of drug-likeness (QED) is 0.477. The molecule has 1 aliphatic heterocycles. The molecule has 94 valence electrons. The molecule has 3 rings (SSSR count). The summed E-state index contributed by atoms with van der Waals surface area (Å²) in [5.74, 6) is 0.736. The summed E-state index contributed by atoms with van der Waals surface area (Å²) in [5, 5.41) is 0. The van der Waals surface area contributed by atoms with Crippen molar-refractivity contribution in [3.05, 3.63) is 71.3 Å². The third kappa shape index (κ3) is 2.56. The molecule has 0 aliphatic carbocycles. The van der Waals surface area contributed by atoms with Crippen LogP contribution in [0.1, 0.15) is 21.5 Å². The van der Waals surface area contributed by atoms with Crippen LogP contribution in [0.3, 0.4) is 0 Å². The SMILES string of the molecule is O=C(C=Cc1ccc2c(c1)COO2)c1ccccc1. The minimum Gasteiger partial charge on any atom is -0.337 e. The summed E-state index contributed by atoms with van der Waals surface area (Å²) in [6.45, 7) is 0.448. The molecule has 0 saturated heterocycles. The van der Waals surface area contributed by atoms with Crippen LogP contribution >= 0.6 is 0 Å². The lowest BCUT2D eigenvalue weighted by molar-refractivity contribution is -0.194. The third-order valence-electron chi connectivity index (χ3n) is 2.93. The minimum absolute atomic E-state index is 0.00593. The summed E-state index contributed by atoms with van der Waals surface area (Å²) >= 11 is 0. The number of rotatable bonds is 3. The first-order valence-corrected chi connectivity index (χ1v) is 6.03. The Bertz CT molecular complexity index is 630. The van der Waals surface area contributed by atoms with E-state index in [0.717, 1.165) is 16.9 Å². The van der Waals surface area contributed by atoms with Gasteiger partial charge in [0.1, 0.15) is 6.61 Å². The number of benzene rings is 2. The monoisotopic (exact) mass is 252 g/mol. The fraction of sp³-hybridized carbons (Fsp3) is 0.0625. The predicted octanol–water partition coefficient (Wildman–Crippen LogP) is 3.41. The van der Waals surface area contributed by atoms with Crippen LogP contribution in [0, 0.1) is 0 Å². The minimum atomic E-state index is -0.00593. The summed E-state index contributed by atoms with van der Waals surface area (Å²) in [6.07, 6.45) is 3.38. The van der Waals surface area contributed by atoms with Gasteiger partial charge in [0.15, 0.2) is 11.5 Å². The molecule has 1 heterocycles. The number of hydrogen-bond donors (Lipinski definition) is 0. The average molecular weight is 252 g/mol. The van der Waals surface area contributed by atoms with Gasteiger partial charge in [0.05, 0.1) is 0 Å². The summed E-state index contributed by atoms with van der Waals surface area (Å²) in [6, 6.07) is 14.9. The van der Waals surface area contributed by atoms with Gasteiger partial charge in [-0.2, -0.15) is 4.89 Å². The van der Waals surface area contributed by atoms with Crippen molar-refractivity contribution >= 4 is 11.9 Å². The third-order valence-corrected chi connectivity index (χ3v) is 2.93. The number of hydrogen-bond acceptors (Lipinski definition) is 3. The van der Waals surface area contributed by atoms with E-state index < -0.39 is 0 Å². The zero-order valence-corrected chi connectivity index (χ0v) is 10.2. The van der Waals surface area contributed by atoms with Gasteiger partial charge in [-0.15, -0.1) is 0 Å².